The normalized spacial score (nSPS) is 5.29. The van der Waals surface area contributed by atoms with Crippen molar-refractivity contribution < 1.29 is 23.4 Å². The maximum absolute atomic E-state index is 5.11. The third-order valence-electron chi connectivity index (χ3n) is 0. The van der Waals surface area contributed by atoms with Crippen LogP contribution < -0.4 is 16.0 Å². The third kappa shape index (κ3) is 8970. The van der Waals surface area contributed by atoms with Crippen LogP contribution in [0.2, 0.25) is 0 Å². The summed E-state index contributed by atoms with van der Waals surface area (Å²) in [6.45, 7) is 0. The number of hydrogen-bond donors (Lipinski definition) is 3. The Balaban J connectivity index is -0.00000000989. The molecule has 6 N–H and O–H groups in total. The van der Waals surface area contributed by atoms with E-state index < -0.39 is 0 Å². The largest absolute Gasteiger partial charge is 0.870 e. The maximum atomic E-state index is 5.11. The molecule has 0 bridgehead atoms. The van der Waals surface area contributed by atoms with Crippen molar-refractivity contribution in [1.29, 1.82) is 0 Å². The van der Waals surface area contributed by atoms with E-state index in [1.807, 2.05) is 42.3 Å². The van der Waals surface area contributed by atoms with E-state index >= 15 is 0 Å². The molecule has 0 aromatic carbocycles. The van der Waals surface area contributed by atoms with Crippen LogP contribution in [0.15, 0.2) is 0 Å². The van der Waals surface area contributed by atoms with Crippen molar-refractivity contribution in [3.8, 4) is 0 Å². The van der Waals surface area contributed by atoms with Crippen LogP contribution >= 0.6 is 24.2 Å². The molecule has 0 saturated heterocycles. The van der Waals surface area contributed by atoms with Crippen LogP contribution in [0, 0.1) is 12.4 Å². The summed E-state index contributed by atoms with van der Waals surface area (Å²) in [7, 11) is 14.8. The lowest BCUT2D eigenvalue weighted by Crippen LogP contribution is -1.89. The average Bonchev–Trinajstić information content (AvgIpc) is 1.88. The minimum atomic E-state index is 0. The molecule has 118 valence electrons. The fourth-order valence-corrected chi connectivity index (χ4v) is 0. The van der Waals surface area contributed by atoms with Crippen molar-refractivity contribution >= 4 is 24.2 Å². The van der Waals surface area contributed by atoms with E-state index in [2.05, 4.69) is 16.0 Å². The summed E-state index contributed by atoms with van der Waals surface area (Å²) in [4.78, 5) is 0. The zero-order valence-electron chi connectivity index (χ0n) is 12.1. The molecule has 9 heteroatoms. The lowest BCUT2D eigenvalue weighted by Gasteiger charge is -1.85. The summed E-state index contributed by atoms with van der Waals surface area (Å²) in [5.74, 6) is 0. The van der Waals surface area contributed by atoms with Gasteiger partial charge in [-0.25, -0.2) is 4.42 Å². The number of nitrogens with one attached hydrogen (secondary N) is 3. The first-order valence-electron chi connectivity index (χ1n) is 4.06. The molecule has 0 atom stereocenters. The van der Waals surface area contributed by atoms with Gasteiger partial charge in [-0.15, -0.1) is 12.4 Å². The van der Waals surface area contributed by atoms with Gasteiger partial charge in [0.2, 0.25) is 0 Å². The Morgan fingerprint density at radius 2 is 0.765 bits per heavy atom. The second kappa shape index (κ2) is 92.4. The second-order valence-electron chi connectivity index (χ2n) is 2.29. The highest BCUT2D eigenvalue weighted by atomic mass is 35.5. The van der Waals surface area contributed by atoms with Crippen LogP contribution in [0.1, 0.15) is 0 Å². The Labute approximate surface area is 124 Å². The molecule has 0 heterocycles. The van der Waals surface area contributed by atoms with Gasteiger partial charge in [-0.3, -0.25) is 0 Å². The number of rotatable bonds is 0. The van der Waals surface area contributed by atoms with Crippen LogP contribution in [-0.4, -0.2) is 71.8 Å². The predicted molar refractivity (Wildman–Crippen MR) is 80.1 cm³/mol. The predicted octanol–water partition coefficient (Wildman–Crippen LogP) is -0.906. The first kappa shape index (κ1) is 52.6. The lowest BCUT2D eigenvalue weighted by atomic mass is 11.3. The van der Waals surface area contributed by atoms with Crippen molar-refractivity contribution in [3.63, 3.8) is 0 Å². The summed E-state index contributed by atoms with van der Waals surface area (Å²) in [5, 5.41) is 8.25. The zero-order valence-corrected chi connectivity index (χ0v) is 14.6. The topological polar surface area (TPSA) is 101 Å². The molecular formula is C8H33Cl3N4O2. The molecule has 0 fully saturated rings. The number of hydrogen-bond acceptors (Lipinski definition) is 5. The molecule has 0 radical (unpaired) electrons. The van der Waals surface area contributed by atoms with Crippen molar-refractivity contribution in [2.45, 2.75) is 0 Å². The average molecular weight is 324 g/mol. The third-order valence-corrected chi connectivity index (χ3v) is 0. The van der Waals surface area contributed by atoms with E-state index in [-0.39, 0.29) is 35.8 Å². The van der Waals surface area contributed by atoms with E-state index in [1.54, 1.807) is 14.1 Å². The molecular weight excluding hydrogens is 290 g/mol. The minimum absolute atomic E-state index is 0. The molecule has 0 aromatic heterocycles. The van der Waals surface area contributed by atoms with Gasteiger partial charge in [0, 0.05) is 14.1 Å². The van der Waals surface area contributed by atoms with Gasteiger partial charge < -0.3 is 26.9 Å². The molecule has 0 unspecified atom stereocenters. The quantitative estimate of drug-likeness (QED) is 0.501. The van der Waals surface area contributed by atoms with E-state index in [4.69, 9.17) is 11.8 Å². The Bertz CT molecular complexity index is 52.2. The van der Waals surface area contributed by atoms with Crippen molar-refractivity contribution in [2.75, 3.05) is 56.4 Å². The molecule has 0 saturated carbocycles. The molecule has 0 aliphatic rings. The monoisotopic (exact) mass is 322 g/mol. The summed E-state index contributed by atoms with van der Waals surface area (Å²) in [6, 6.07) is 0. The molecule has 6 nitrogen and oxygen atoms in total. The Morgan fingerprint density at radius 3 is 0.765 bits per heavy atom. The van der Waals surface area contributed by atoms with Gasteiger partial charge in [-0.05, 0) is 54.1 Å². The SMILES string of the molecule is CN(C)Cl.CNC.CNC.CNC.Cl.O.[ClH2+].[OH-]. The Kier molecular flexibility index (Phi) is 286. The Hall–Kier alpha value is 0.630. The maximum Gasteiger partial charge on any atom is 0.0903 e. The van der Waals surface area contributed by atoms with E-state index in [9.17, 15) is 0 Å². The van der Waals surface area contributed by atoms with Gasteiger partial charge >= 0.3 is 0 Å². The molecule has 0 rings (SSSR count). The van der Waals surface area contributed by atoms with Gasteiger partial charge in [-0.1, -0.05) is 0 Å². The van der Waals surface area contributed by atoms with E-state index in [1.165, 1.54) is 4.42 Å². The van der Waals surface area contributed by atoms with Gasteiger partial charge in [0.25, 0.3) is 0 Å². The molecule has 17 heavy (non-hydrogen) atoms. The summed E-state index contributed by atoms with van der Waals surface area (Å²) in [5.41, 5.74) is 0. The van der Waals surface area contributed by atoms with Crippen LogP contribution in [0.25, 0.3) is 0 Å². The molecule has 0 aliphatic carbocycles. The fraction of sp³-hybridized carbons (Fsp3) is 1.00. The molecule has 0 amide bonds. The summed E-state index contributed by atoms with van der Waals surface area (Å²) >= 11 is 5.11. The minimum Gasteiger partial charge on any atom is -0.870 e. The van der Waals surface area contributed by atoms with Crippen LogP contribution in [0.3, 0.4) is 0 Å². The van der Waals surface area contributed by atoms with Gasteiger partial charge in [-0.2, -0.15) is 0 Å². The highest BCUT2D eigenvalue weighted by Gasteiger charge is 1.62. The molecule has 0 aromatic rings. The van der Waals surface area contributed by atoms with Crippen molar-refractivity contribution in [2.24, 2.45) is 0 Å². The first-order chi connectivity index (χ1) is 5.97. The lowest BCUT2D eigenvalue weighted by molar-refractivity contribution is -0.00000581. The van der Waals surface area contributed by atoms with Crippen LogP contribution in [-0.2, 0) is 0 Å². The molecule has 0 aliphatic heterocycles. The highest BCUT2D eigenvalue weighted by Crippen LogP contribution is 1.71. The second-order valence-corrected chi connectivity index (χ2v) is 2.96. The standard InChI is InChI=1S/C2H6ClN.3C2H7N.ClH2.ClH.2H2O/c1-4(2)3;3*1-3-2;;;;/h1-2H3;3*3H,1-2H3;1H2;1H;2*1H2/q;;;;+1;;;/p-1. The zero-order chi connectivity index (χ0) is 11.7. The Morgan fingerprint density at radius 1 is 0.765 bits per heavy atom. The van der Waals surface area contributed by atoms with Gasteiger partial charge in [0.15, 0.2) is 0 Å². The van der Waals surface area contributed by atoms with E-state index in [0.717, 1.165) is 0 Å². The van der Waals surface area contributed by atoms with Gasteiger partial charge in [0.1, 0.15) is 0 Å². The summed E-state index contributed by atoms with van der Waals surface area (Å²) in [6.07, 6.45) is 0. The number of halogens is 3. The first-order valence-corrected chi connectivity index (χ1v) is 4.40. The van der Waals surface area contributed by atoms with Crippen LogP contribution in [0.4, 0.5) is 0 Å². The van der Waals surface area contributed by atoms with Crippen molar-refractivity contribution in [3.05, 3.63) is 0 Å². The number of nitrogens with zero attached hydrogens (tertiary/aromatic N) is 1. The smallest absolute Gasteiger partial charge is 0.0903 e. The van der Waals surface area contributed by atoms with Crippen molar-refractivity contribution in [1.82, 2.24) is 20.4 Å². The fourth-order valence-electron chi connectivity index (χ4n) is 0. The van der Waals surface area contributed by atoms with Crippen LogP contribution in [0.5, 0.6) is 0 Å². The highest BCUT2D eigenvalue weighted by molar-refractivity contribution is 6.12. The molecule has 0 spiro atoms. The van der Waals surface area contributed by atoms with Gasteiger partial charge in [0.05, 0.1) is 12.4 Å². The van der Waals surface area contributed by atoms with E-state index in [0.29, 0.717) is 0 Å². The summed E-state index contributed by atoms with van der Waals surface area (Å²) < 4.78 is 1.47.